The first-order chi connectivity index (χ1) is 10.1. The van der Waals surface area contributed by atoms with Gasteiger partial charge in [0.25, 0.3) is 0 Å². The molecule has 1 aliphatic heterocycles. The monoisotopic (exact) mass is 298 g/mol. The van der Waals surface area contributed by atoms with Gasteiger partial charge in [-0.05, 0) is 38.3 Å². The van der Waals surface area contributed by atoms with E-state index in [-0.39, 0.29) is 5.56 Å². The highest BCUT2D eigenvalue weighted by Crippen LogP contribution is 2.30. The summed E-state index contributed by atoms with van der Waals surface area (Å²) >= 11 is 0. The lowest BCUT2D eigenvalue weighted by atomic mass is 10.0. The zero-order valence-electron chi connectivity index (χ0n) is 12.0. The van der Waals surface area contributed by atoms with Gasteiger partial charge in [0.2, 0.25) is 0 Å². The van der Waals surface area contributed by atoms with Crippen LogP contribution in [0.5, 0.6) is 0 Å². The van der Waals surface area contributed by atoms with Gasteiger partial charge in [-0.1, -0.05) is 6.42 Å². The molecule has 1 heterocycles. The number of rotatable bonds is 5. The third-order valence-electron chi connectivity index (χ3n) is 4.39. The third-order valence-corrected chi connectivity index (χ3v) is 4.39. The molecule has 1 aromatic rings. The van der Waals surface area contributed by atoms with Gasteiger partial charge in [-0.15, -0.1) is 0 Å². The van der Waals surface area contributed by atoms with E-state index in [1.165, 1.54) is 12.8 Å². The first kappa shape index (κ1) is 14.9. The average Bonchev–Trinajstić information content (AvgIpc) is 3.29. The van der Waals surface area contributed by atoms with E-state index >= 15 is 0 Å². The summed E-state index contributed by atoms with van der Waals surface area (Å²) in [7, 11) is 0. The fourth-order valence-corrected chi connectivity index (χ4v) is 3.05. The van der Waals surface area contributed by atoms with Crippen LogP contribution in [0.4, 0.5) is 13.2 Å². The van der Waals surface area contributed by atoms with Crippen molar-refractivity contribution in [3.05, 3.63) is 35.1 Å². The SMILES string of the molecule is Fc1cc(F)c(CN(CC2CCCCN2)C2CC2)cc1F. The Morgan fingerprint density at radius 1 is 1.00 bits per heavy atom. The summed E-state index contributed by atoms with van der Waals surface area (Å²) < 4.78 is 40.1. The molecular weight excluding hydrogens is 277 g/mol. The van der Waals surface area contributed by atoms with Crippen LogP contribution in [0.1, 0.15) is 37.7 Å². The highest BCUT2D eigenvalue weighted by Gasteiger charge is 2.31. The summed E-state index contributed by atoms with van der Waals surface area (Å²) in [5.74, 6) is -2.75. The Hall–Kier alpha value is -1.07. The summed E-state index contributed by atoms with van der Waals surface area (Å²) in [5, 5.41) is 3.48. The molecule has 21 heavy (non-hydrogen) atoms. The molecule has 1 unspecified atom stereocenters. The lowest BCUT2D eigenvalue weighted by molar-refractivity contribution is 0.205. The number of nitrogens with one attached hydrogen (secondary N) is 1. The van der Waals surface area contributed by atoms with E-state index in [4.69, 9.17) is 0 Å². The summed E-state index contributed by atoms with van der Waals surface area (Å²) in [6, 6.07) is 2.53. The maximum atomic E-state index is 13.8. The van der Waals surface area contributed by atoms with Crippen molar-refractivity contribution >= 4 is 0 Å². The van der Waals surface area contributed by atoms with E-state index in [1.54, 1.807) is 0 Å². The topological polar surface area (TPSA) is 15.3 Å². The van der Waals surface area contributed by atoms with Crippen LogP contribution in [-0.4, -0.2) is 30.1 Å². The maximum Gasteiger partial charge on any atom is 0.161 e. The molecule has 0 aromatic heterocycles. The average molecular weight is 298 g/mol. The number of halogens is 3. The smallest absolute Gasteiger partial charge is 0.161 e. The molecule has 1 aromatic carbocycles. The Bertz CT molecular complexity index is 497. The molecule has 5 heteroatoms. The molecule has 116 valence electrons. The van der Waals surface area contributed by atoms with Gasteiger partial charge in [0.15, 0.2) is 11.6 Å². The molecule has 3 rings (SSSR count). The second kappa shape index (κ2) is 6.36. The zero-order chi connectivity index (χ0) is 14.8. The number of hydrogen-bond acceptors (Lipinski definition) is 2. The van der Waals surface area contributed by atoms with Crippen molar-refractivity contribution in [2.75, 3.05) is 13.1 Å². The van der Waals surface area contributed by atoms with Crippen molar-refractivity contribution in [1.29, 1.82) is 0 Å². The summed E-state index contributed by atoms with van der Waals surface area (Å²) in [6.07, 6.45) is 5.77. The molecule has 1 N–H and O–H groups in total. The quantitative estimate of drug-likeness (QED) is 0.840. The van der Waals surface area contributed by atoms with Gasteiger partial charge in [-0.2, -0.15) is 0 Å². The largest absolute Gasteiger partial charge is 0.313 e. The van der Waals surface area contributed by atoms with Crippen molar-refractivity contribution < 1.29 is 13.2 Å². The lowest BCUT2D eigenvalue weighted by Crippen LogP contribution is -2.44. The van der Waals surface area contributed by atoms with E-state index in [0.29, 0.717) is 24.7 Å². The van der Waals surface area contributed by atoms with Gasteiger partial charge < -0.3 is 5.32 Å². The minimum absolute atomic E-state index is 0.247. The van der Waals surface area contributed by atoms with Gasteiger partial charge in [-0.3, -0.25) is 4.90 Å². The van der Waals surface area contributed by atoms with Crippen molar-refractivity contribution in [3.63, 3.8) is 0 Å². The van der Waals surface area contributed by atoms with Crippen molar-refractivity contribution in [3.8, 4) is 0 Å². The lowest BCUT2D eigenvalue weighted by Gasteiger charge is -2.30. The van der Waals surface area contributed by atoms with E-state index in [9.17, 15) is 13.2 Å². The van der Waals surface area contributed by atoms with Crippen LogP contribution in [0.3, 0.4) is 0 Å². The molecule has 2 nitrogen and oxygen atoms in total. The fourth-order valence-electron chi connectivity index (χ4n) is 3.05. The molecule has 0 bridgehead atoms. The molecule has 0 radical (unpaired) electrons. The van der Waals surface area contributed by atoms with Crippen molar-refractivity contribution in [2.24, 2.45) is 0 Å². The highest BCUT2D eigenvalue weighted by molar-refractivity contribution is 5.20. The summed E-state index contributed by atoms with van der Waals surface area (Å²) in [4.78, 5) is 2.21. The fraction of sp³-hybridized carbons (Fsp3) is 0.625. The highest BCUT2D eigenvalue weighted by atomic mass is 19.2. The molecule has 0 amide bonds. The Morgan fingerprint density at radius 2 is 1.76 bits per heavy atom. The Morgan fingerprint density at radius 3 is 2.43 bits per heavy atom. The van der Waals surface area contributed by atoms with Crippen LogP contribution in [0.15, 0.2) is 12.1 Å². The Labute approximate surface area is 123 Å². The molecule has 1 saturated heterocycles. The van der Waals surface area contributed by atoms with Crippen LogP contribution in [0.2, 0.25) is 0 Å². The first-order valence-corrected chi connectivity index (χ1v) is 7.74. The summed E-state index contributed by atoms with van der Waals surface area (Å²) in [5.41, 5.74) is 0.247. The second-order valence-electron chi connectivity index (χ2n) is 6.17. The Kier molecular flexibility index (Phi) is 4.50. The standard InChI is InChI=1S/C16H21F3N2/c17-14-8-16(19)15(18)7-11(14)9-21(13-4-5-13)10-12-3-1-2-6-20-12/h7-8,12-13,20H,1-6,9-10H2. The van der Waals surface area contributed by atoms with E-state index in [2.05, 4.69) is 10.2 Å². The first-order valence-electron chi connectivity index (χ1n) is 7.74. The van der Waals surface area contributed by atoms with E-state index in [0.717, 1.165) is 38.4 Å². The predicted molar refractivity (Wildman–Crippen MR) is 75.4 cm³/mol. The third kappa shape index (κ3) is 3.77. The zero-order valence-corrected chi connectivity index (χ0v) is 12.0. The van der Waals surface area contributed by atoms with Crippen LogP contribution in [-0.2, 0) is 6.54 Å². The van der Waals surface area contributed by atoms with E-state index in [1.807, 2.05) is 0 Å². The number of piperidine rings is 1. The molecule has 1 saturated carbocycles. The molecule has 0 spiro atoms. The Balaban J connectivity index is 1.68. The minimum atomic E-state index is -1.12. The molecule has 2 fully saturated rings. The number of hydrogen-bond donors (Lipinski definition) is 1. The normalized spacial score (nSPS) is 22.8. The van der Waals surface area contributed by atoms with Crippen LogP contribution >= 0.6 is 0 Å². The molecule has 2 aliphatic rings. The second-order valence-corrected chi connectivity index (χ2v) is 6.17. The predicted octanol–water partition coefficient (Wildman–Crippen LogP) is 3.21. The number of benzene rings is 1. The number of nitrogens with zero attached hydrogens (tertiary/aromatic N) is 1. The van der Waals surface area contributed by atoms with Gasteiger partial charge >= 0.3 is 0 Å². The minimum Gasteiger partial charge on any atom is -0.313 e. The van der Waals surface area contributed by atoms with Crippen LogP contribution in [0.25, 0.3) is 0 Å². The molecule has 1 atom stereocenters. The molecular formula is C16H21F3N2. The maximum absolute atomic E-state index is 13.8. The van der Waals surface area contributed by atoms with Gasteiger partial charge in [0.1, 0.15) is 5.82 Å². The van der Waals surface area contributed by atoms with Crippen LogP contribution < -0.4 is 5.32 Å². The van der Waals surface area contributed by atoms with Gasteiger partial charge in [0.05, 0.1) is 0 Å². The summed E-state index contributed by atoms with van der Waals surface area (Å²) in [6.45, 7) is 2.23. The van der Waals surface area contributed by atoms with Crippen LogP contribution in [0, 0.1) is 17.5 Å². The molecule has 1 aliphatic carbocycles. The van der Waals surface area contributed by atoms with Gasteiger partial charge in [-0.25, -0.2) is 13.2 Å². The van der Waals surface area contributed by atoms with E-state index < -0.39 is 17.5 Å². The van der Waals surface area contributed by atoms with Crippen molar-refractivity contribution in [2.45, 2.75) is 50.7 Å². The van der Waals surface area contributed by atoms with Crippen molar-refractivity contribution in [1.82, 2.24) is 10.2 Å². The van der Waals surface area contributed by atoms with Gasteiger partial charge in [0, 0.05) is 36.8 Å².